The number of rotatable bonds is 28. The molecule has 0 saturated heterocycles. The number of allylic oxidation sites excluding steroid dienone is 1. The summed E-state index contributed by atoms with van der Waals surface area (Å²) in [6, 6.07) is 31.3. The second-order valence-electron chi connectivity index (χ2n) is 16.1. The van der Waals surface area contributed by atoms with Gasteiger partial charge in [-0.3, -0.25) is 0 Å². The molecule has 0 N–H and O–H groups in total. The first-order valence-electron chi connectivity index (χ1n) is 23.2. The summed E-state index contributed by atoms with van der Waals surface area (Å²) < 4.78 is 24.9. The number of nitrogens with zero attached hydrogens (tertiary/aromatic N) is 3. The molecule has 0 saturated carbocycles. The number of unbranched alkanes of at least 4 members (excludes halogenated alkanes) is 10. The molecule has 0 amide bonds. The number of carbonyl (C=O) groups excluding carboxylic acids is 2. The Morgan fingerprint density at radius 1 is 0.703 bits per heavy atom. The van der Waals surface area contributed by atoms with Crippen LogP contribution in [0.1, 0.15) is 117 Å². The maximum absolute atomic E-state index is 13.7. The minimum Gasteiger partial charge on any atom is -0.494 e. The summed E-state index contributed by atoms with van der Waals surface area (Å²) in [5.74, 6) is 1.18. The highest BCUT2D eigenvalue weighted by atomic mass is 32.1. The van der Waals surface area contributed by atoms with E-state index in [4.69, 9.17) is 29.0 Å². The van der Waals surface area contributed by atoms with Gasteiger partial charge in [0, 0.05) is 12.1 Å². The number of ether oxygens (including phenoxy) is 4. The number of anilines is 1. The van der Waals surface area contributed by atoms with Crippen molar-refractivity contribution in [1.82, 2.24) is 4.98 Å². The molecule has 0 fully saturated rings. The maximum Gasteiger partial charge on any atom is 0.343 e. The first-order valence-corrected chi connectivity index (χ1v) is 24.0. The predicted octanol–water partition coefficient (Wildman–Crippen LogP) is 13.7. The fourth-order valence-electron chi connectivity index (χ4n) is 7.22. The first kappa shape index (κ1) is 47.5. The van der Waals surface area contributed by atoms with E-state index in [1.807, 2.05) is 53.5 Å². The highest BCUT2D eigenvalue weighted by Gasteiger charge is 2.17. The Morgan fingerprint density at radius 3 is 2.02 bits per heavy atom. The average molecular weight is 880 g/mol. The van der Waals surface area contributed by atoms with Crippen molar-refractivity contribution in [1.29, 1.82) is 0 Å². The highest BCUT2D eigenvalue weighted by Crippen LogP contribution is 2.32. The number of fused-ring (bicyclic) bond motifs is 2. The molecule has 6 rings (SSSR count). The molecule has 0 aliphatic rings. The van der Waals surface area contributed by atoms with Gasteiger partial charge in [-0.2, -0.15) is 5.10 Å². The SMILES string of the molecule is C=CCCCCCCOc1ccc(C(=O)Oc2cc3ccc(OC(=O)c4ccc(OCCCCCCBC)cc4)cc3cc2/C=N/N(CCCCCC)c2nc3ccccc3s2)cc1. The maximum atomic E-state index is 13.7. The van der Waals surface area contributed by atoms with Gasteiger partial charge in [0.1, 0.15) is 30.3 Å². The monoisotopic (exact) mass is 879 g/mol. The molecule has 5 aromatic carbocycles. The molecule has 9 nitrogen and oxygen atoms in total. The normalized spacial score (nSPS) is 11.2. The van der Waals surface area contributed by atoms with Crippen LogP contribution in [0.5, 0.6) is 23.0 Å². The molecule has 1 aromatic heterocycles. The van der Waals surface area contributed by atoms with Gasteiger partial charge in [-0.15, -0.1) is 6.58 Å². The van der Waals surface area contributed by atoms with Crippen molar-refractivity contribution >= 4 is 62.9 Å². The third kappa shape index (κ3) is 14.8. The lowest BCUT2D eigenvalue weighted by molar-refractivity contribution is 0.0724. The predicted molar refractivity (Wildman–Crippen MR) is 266 cm³/mol. The smallest absolute Gasteiger partial charge is 0.343 e. The molecular weight excluding hydrogens is 817 g/mol. The Bertz CT molecular complexity index is 2380. The number of thiazole rings is 1. The number of carbonyl (C=O) groups is 2. The van der Waals surface area contributed by atoms with Crippen LogP contribution >= 0.6 is 11.3 Å². The van der Waals surface area contributed by atoms with Crippen molar-refractivity contribution in [3.63, 3.8) is 0 Å². The van der Waals surface area contributed by atoms with Crippen LogP contribution in [0, 0.1) is 0 Å². The van der Waals surface area contributed by atoms with Crippen molar-refractivity contribution in [2.45, 2.75) is 104 Å². The molecule has 0 unspecified atom stereocenters. The zero-order chi connectivity index (χ0) is 44.8. The average Bonchev–Trinajstić information content (AvgIpc) is 3.75. The quantitative estimate of drug-likeness (QED) is 0.00914. The Hall–Kier alpha value is -5.94. The van der Waals surface area contributed by atoms with Gasteiger partial charge in [-0.25, -0.2) is 19.6 Å². The van der Waals surface area contributed by atoms with E-state index in [9.17, 15) is 9.59 Å². The van der Waals surface area contributed by atoms with Crippen LogP contribution in [0.15, 0.2) is 121 Å². The number of aromatic nitrogens is 1. The van der Waals surface area contributed by atoms with Gasteiger partial charge in [0.05, 0.1) is 40.8 Å². The van der Waals surface area contributed by atoms with Gasteiger partial charge in [-0.05, 0) is 128 Å². The second kappa shape index (κ2) is 26.0. The lowest BCUT2D eigenvalue weighted by Gasteiger charge is -2.16. The van der Waals surface area contributed by atoms with Crippen molar-refractivity contribution in [2.24, 2.45) is 5.10 Å². The minimum atomic E-state index is -0.505. The first-order chi connectivity index (χ1) is 31.4. The summed E-state index contributed by atoms with van der Waals surface area (Å²) in [6.07, 6.45) is 19.3. The van der Waals surface area contributed by atoms with E-state index in [-0.39, 0.29) is 0 Å². The number of esters is 2. The summed E-state index contributed by atoms with van der Waals surface area (Å²) >= 11 is 1.59. The topological polar surface area (TPSA) is 99.5 Å². The summed E-state index contributed by atoms with van der Waals surface area (Å²) in [5.41, 5.74) is 2.31. The van der Waals surface area contributed by atoms with Gasteiger partial charge in [-0.1, -0.05) is 107 Å². The number of hydrazone groups is 1. The molecule has 0 aliphatic heterocycles. The molecule has 0 spiro atoms. The third-order valence-electron chi connectivity index (χ3n) is 10.9. The lowest BCUT2D eigenvalue weighted by Crippen LogP contribution is -2.18. The Morgan fingerprint density at radius 2 is 1.34 bits per heavy atom. The Kier molecular flexibility index (Phi) is 19.3. The van der Waals surface area contributed by atoms with Gasteiger partial charge >= 0.3 is 11.9 Å². The number of para-hydroxylation sites is 1. The fourth-order valence-corrected chi connectivity index (χ4v) is 8.17. The minimum absolute atomic E-state index is 0.344. The molecular formula is C53H62BN3O6S. The van der Waals surface area contributed by atoms with Crippen LogP contribution < -0.4 is 24.0 Å². The van der Waals surface area contributed by atoms with Crippen LogP contribution in [-0.4, -0.2) is 50.2 Å². The highest BCUT2D eigenvalue weighted by molar-refractivity contribution is 7.22. The zero-order valence-electron chi connectivity index (χ0n) is 37.6. The molecule has 0 aliphatic carbocycles. The molecule has 0 radical (unpaired) electrons. The summed E-state index contributed by atoms with van der Waals surface area (Å²) in [4.78, 5) is 31.9. The summed E-state index contributed by atoms with van der Waals surface area (Å²) in [7, 11) is 1.23. The summed E-state index contributed by atoms with van der Waals surface area (Å²) in [5, 5.41) is 9.27. The molecule has 11 heteroatoms. The van der Waals surface area contributed by atoms with E-state index >= 15 is 0 Å². The second-order valence-corrected chi connectivity index (χ2v) is 17.1. The van der Waals surface area contributed by atoms with Crippen molar-refractivity contribution in [3.8, 4) is 23.0 Å². The van der Waals surface area contributed by atoms with Crippen LogP contribution in [0.2, 0.25) is 13.1 Å². The lowest BCUT2D eigenvalue weighted by atomic mass is 9.76. The Labute approximate surface area is 383 Å². The van der Waals surface area contributed by atoms with Gasteiger partial charge in [0.2, 0.25) is 5.13 Å². The molecule has 64 heavy (non-hydrogen) atoms. The van der Waals surface area contributed by atoms with Crippen LogP contribution in [0.25, 0.3) is 21.0 Å². The third-order valence-corrected chi connectivity index (χ3v) is 12.0. The van der Waals surface area contributed by atoms with E-state index < -0.39 is 11.9 Å². The van der Waals surface area contributed by atoms with Gasteiger partial charge in [0.25, 0.3) is 0 Å². The number of hydrogen-bond acceptors (Lipinski definition) is 10. The van der Waals surface area contributed by atoms with Crippen LogP contribution in [0.4, 0.5) is 5.13 Å². The van der Waals surface area contributed by atoms with Crippen molar-refractivity contribution in [2.75, 3.05) is 24.8 Å². The van der Waals surface area contributed by atoms with Gasteiger partial charge in [0.15, 0.2) is 0 Å². The van der Waals surface area contributed by atoms with Crippen molar-refractivity contribution in [3.05, 3.63) is 132 Å². The van der Waals surface area contributed by atoms with Crippen molar-refractivity contribution < 1.29 is 28.5 Å². The number of hydrogen-bond donors (Lipinski definition) is 0. The van der Waals surface area contributed by atoms with E-state index in [1.54, 1.807) is 72.1 Å². The molecule has 334 valence electrons. The van der Waals surface area contributed by atoms with E-state index in [2.05, 4.69) is 26.4 Å². The van der Waals surface area contributed by atoms with E-state index in [0.717, 1.165) is 102 Å². The zero-order valence-corrected chi connectivity index (χ0v) is 38.4. The largest absolute Gasteiger partial charge is 0.494 e. The van der Waals surface area contributed by atoms with E-state index in [1.165, 1.54) is 26.4 Å². The summed E-state index contributed by atoms with van der Waals surface area (Å²) in [6.45, 7) is 10.1. The number of benzene rings is 5. The standard InChI is InChI=1S/C53H62BN3O6S/c1-4-6-8-10-12-18-34-60-46-29-24-41(25-30-46)52(59)63-49-38-42-26-31-47(62-51(58)40-22-27-45(28-23-40)61-35-19-13-11-16-32-54-3)37-43(42)36-44(49)39-55-57(33-17-9-7-5-2)53-56-48-20-14-15-21-50(48)64-53/h4,14-15,20-31,36-39,54H,1,5-13,16-19,32-35H2,2-3H3/b55-39+. The van der Waals surface area contributed by atoms with Gasteiger partial charge < -0.3 is 18.9 Å². The van der Waals surface area contributed by atoms with Crippen LogP contribution in [-0.2, 0) is 0 Å². The molecule has 6 aromatic rings. The molecule has 0 atom stereocenters. The van der Waals surface area contributed by atoms with Crippen LogP contribution in [0.3, 0.4) is 0 Å². The molecule has 0 bridgehead atoms. The molecule has 1 heterocycles. The Balaban J connectivity index is 1.20. The van der Waals surface area contributed by atoms with E-state index in [0.29, 0.717) is 53.7 Å². The fraction of sp³-hybridized carbons (Fsp3) is 0.358.